The molecule has 0 spiro atoms. The quantitative estimate of drug-likeness (QED) is 0.540. The predicted molar refractivity (Wildman–Crippen MR) is 51.1 cm³/mol. The number of benzene rings is 1. The lowest BCUT2D eigenvalue weighted by Gasteiger charge is -2.00. The van der Waals surface area contributed by atoms with E-state index in [0.717, 1.165) is 12.1 Å². The highest BCUT2D eigenvalue weighted by molar-refractivity contribution is 5.94. The van der Waals surface area contributed by atoms with E-state index in [2.05, 4.69) is 0 Å². The summed E-state index contributed by atoms with van der Waals surface area (Å²) in [6.07, 6.45) is 0. The van der Waals surface area contributed by atoms with Crippen LogP contribution in [0, 0.1) is 5.82 Å². The molecule has 3 nitrogen and oxygen atoms in total. The van der Waals surface area contributed by atoms with Crippen molar-refractivity contribution in [3.8, 4) is 11.5 Å². The molecule has 0 saturated carbocycles. The van der Waals surface area contributed by atoms with Crippen LogP contribution in [0.15, 0.2) is 12.1 Å². The maximum atomic E-state index is 12.6. The number of hydrogen-bond acceptors (Lipinski definition) is 3. The first-order valence-electron chi connectivity index (χ1n) is 4.25. The van der Waals surface area contributed by atoms with Crippen LogP contribution in [0.2, 0.25) is 0 Å². The van der Waals surface area contributed by atoms with Crippen molar-refractivity contribution < 1.29 is 19.4 Å². The van der Waals surface area contributed by atoms with Crippen molar-refractivity contribution in [3.05, 3.63) is 23.5 Å². The van der Waals surface area contributed by atoms with E-state index in [0.29, 0.717) is 0 Å². The Kier molecular flexibility index (Phi) is 4.63. The van der Waals surface area contributed by atoms with Crippen LogP contribution in [0.3, 0.4) is 0 Å². The summed E-state index contributed by atoms with van der Waals surface area (Å²) in [7, 11) is 0. The highest BCUT2D eigenvalue weighted by atomic mass is 19.1. The zero-order valence-corrected chi connectivity index (χ0v) is 8.34. The number of phenolic OH excluding ortho intramolecular Hbond substituents is 2. The molecule has 0 amide bonds. The Morgan fingerprint density at radius 1 is 1.29 bits per heavy atom. The Balaban J connectivity index is 0.000000791. The van der Waals surface area contributed by atoms with Crippen LogP contribution in [0.25, 0.3) is 0 Å². The average molecular weight is 200 g/mol. The number of phenols is 2. The molecular weight excluding hydrogens is 187 g/mol. The van der Waals surface area contributed by atoms with Gasteiger partial charge in [0.1, 0.15) is 0 Å². The van der Waals surface area contributed by atoms with Crippen molar-refractivity contribution in [3.63, 3.8) is 0 Å². The zero-order chi connectivity index (χ0) is 11.3. The van der Waals surface area contributed by atoms with Crippen molar-refractivity contribution >= 4 is 5.78 Å². The lowest BCUT2D eigenvalue weighted by atomic mass is 10.1. The third kappa shape index (κ3) is 2.73. The molecule has 0 radical (unpaired) electrons. The molecule has 0 aliphatic heterocycles. The minimum absolute atomic E-state index is 0.0304. The molecular formula is C10H13FO3. The summed E-state index contributed by atoms with van der Waals surface area (Å²) in [5.74, 6) is -2.83. The summed E-state index contributed by atoms with van der Waals surface area (Å²) >= 11 is 0. The first-order chi connectivity index (χ1) is 6.52. The minimum Gasteiger partial charge on any atom is -0.504 e. The predicted octanol–water partition coefficient (Wildman–Crippen LogP) is 2.47. The molecule has 2 N–H and O–H groups in total. The van der Waals surface area contributed by atoms with Gasteiger partial charge in [0.05, 0.1) is 0 Å². The van der Waals surface area contributed by atoms with Gasteiger partial charge in [-0.3, -0.25) is 4.79 Å². The standard InChI is InChI=1S/C8H7FO3.C2H6/c1-4(10)5-2-6(9)8(12)7(11)3-5;1-2/h2-3,11-12H,1H3;1-2H3. The molecule has 1 aromatic rings. The molecule has 78 valence electrons. The van der Waals surface area contributed by atoms with E-state index in [1.54, 1.807) is 0 Å². The van der Waals surface area contributed by atoms with E-state index in [1.807, 2.05) is 13.8 Å². The summed E-state index contributed by atoms with van der Waals surface area (Å²) in [6.45, 7) is 5.24. The van der Waals surface area contributed by atoms with Crippen LogP contribution in [-0.4, -0.2) is 16.0 Å². The molecule has 0 atom stereocenters. The van der Waals surface area contributed by atoms with Crippen LogP contribution in [0.1, 0.15) is 31.1 Å². The Morgan fingerprint density at radius 3 is 2.14 bits per heavy atom. The van der Waals surface area contributed by atoms with Gasteiger partial charge in [-0.15, -0.1) is 0 Å². The van der Waals surface area contributed by atoms with Crippen LogP contribution in [-0.2, 0) is 0 Å². The largest absolute Gasteiger partial charge is 0.504 e. The number of halogens is 1. The van der Waals surface area contributed by atoms with E-state index in [-0.39, 0.29) is 11.3 Å². The lowest BCUT2D eigenvalue weighted by molar-refractivity contribution is 0.101. The number of ketones is 1. The summed E-state index contributed by atoms with van der Waals surface area (Å²) in [5, 5.41) is 17.7. The molecule has 4 heteroatoms. The zero-order valence-electron chi connectivity index (χ0n) is 8.34. The highest BCUT2D eigenvalue weighted by Crippen LogP contribution is 2.28. The summed E-state index contributed by atoms with van der Waals surface area (Å²) in [4.78, 5) is 10.7. The Bertz CT molecular complexity index is 311. The van der Waals surface area contributed by atoms with Gasteiger partial charge in [0, 0.05) is 5.56 Å². The minimum atomic E-state index is -1.000. The van der Waals surface area contributed by atoms with Crippen LogP contribution in [0.5, 0.6) is 11.5 Å². The van der Waals surface area contributed by atoms with E-state index in [1.165, 1.54) is 6.92 Å². The van der Waals surface area contributed by atoms with Gasteiger partial charge in [0.25, 0.3) is 0 Å². The molecule has 0 aromatic heterocycles. The van der Waals surface area contributed by atoms with Gasteiger partial charge in [0.15, 0.2) is 23.1 Å². The molecule has 0 heterocycles. The number of aromatic hydroxyl groups is 2. The maximum absolute atomic E-state index is 12.6. The third-order valence-corrected chi connectivity index (χ3v) is 1.45. The van der Waals surface area contributed by atoms with Gasteiger partial charge in [-0.05, 0) is 19.1 Å². The van der Waals surface area contributed by atoms with E-state index >= 15 is 0 Å². The fourth-order valence-electron chi connectivity index (χ4n) is 0.788. The molecule has 0 unspecified atom stereocenters. The molecule has 1 aromatic carbocycles. The second-order valence-corrected chi connectivity index (χ2v) is 2.38. The second-order valence-electron chi connectivity index (χ2n) is 2.38. The Morgan fingerprint density at radius 2 is 1.79 bits per heavy atom. The lowest BCUT2D eigenvalue weighted by Crippen LogP contribution is -1.92. The molecule has 0 bridgehead atoms. The fourth-order valence-corrected chi connectivity index (χ4v) is 0.788. The SMILES string of the molecule is CC.CC(=O)c1cc(O)c(O)c(F)c1. The molecule has 0 saturated heterocycles. The van der Waals surface area contributed by atoms with E-state index in [4.69, 9.17) is 10.2 Å². The van der Waals surface area contributed by atoms with Gasteiger partial charge in [-0.25, -0.2) is 4.39 Å². The number of carbonyl (C=O) groups excluding carboxylic acids is 1. The van der Waals surface area contributed by atoms with E-state index in [9.17, 15) is 9.18 Å². The van der Waals surface area contributed by atoms with Crippen molar-refractivity contribution in [2.45, 2.75) is 20.8 Å². The summed E-state index contributed by atoms with van der Waals surface area (Å²) in [6, 6.07) is 1.89. The fraction of sp³-hybridized carbons (Fsp3) is 0.300. The number of Topliss-reactive ketones (excluding diaryl/α,β-unsaturated/α-hetero) is 1. The molecule has 0 fully saturated rings. The number of rotatable bonds is 1. The first kappa shape index (κ1) is 12.4. The van der Waals surface area contributed by atoms with Gasteiger partial charge in [0.2, 0.25) is 0 Å². The molecule has 14 heavy (non-hydrogen) atoms. The summed E-state index contributed by atoms with van der Waals surface area (Å²) < 4.78 is 12.6. The Labute approximate surface area is 81.8 Å². The average Bonchev–Trinajstić information content (AvgIpc) is 2.16. The molecule has 1 rings (SSSR count). The van der Waals surface area contributed by atoms with Gasteiger partial charge >= 0.3 is 0 Å². The topological polar surface area (TPSA) is 57.5 Å². The normalized spacial score (nSPS) is 8.86. The van der Waals surface area contributed by atoms with Crippen molar-refractivity contribution in [2.75, 3.05) is 0 Å². The van der Waals surface area contributed by atoms with Crippen LogP contribution >= 0.6 is 0 Å². The van der Waals surface area contributed by atoms with Crippen molar-refractivity contribution in [2.24, 2.45) is 0 Å². The highest BCUT2D eigenvalue weighted by Gasteiger charge is 2.10. The van der Waals surface area contributed by atoms with Crippen LogP contribution < -0.4 is 0 Å². The monoisotopic (exact) mass is 200 g/mol. The van der Waals surface area contributed by atoms with Gasteiger partial charge in [-0.2, -0.15) is 0 Å². The Hall–Kier alpha value is -1.58. The first-order valence-corrected chi connectivity index (χ1v) is 4.25. The van der Waals surface area contributed by atoms with Crippen molar-refractivity contribution in [1.29, 1.82) is 0 Å². The number of hydrogen-bond donors (Lipinski definition) is 2. The van der Waals surface area contributed by atoms with Gasteiger partial charge < -0.3 is 10.2 Å². The van der Waals surface area contributed by atoms with Gasteiger partial charge in [-0.1, -0.05) is 13.8 Å². The van der Waals surface area contributed by atoms with Crippen LogP contribution in [0.4, 0.5) is 4.39 Å². The smallest absolute Gasteiger partial charge is 0.194 e. The molecule has 0 aliphatic rings. The summed E-state index contributed by atoms with van der Waals surface area (Å²) in [5.41, 5.74) is 0.0304. The van der Waals surface area contributed by atoms with Crippen molar-refractivity contribution in [1.82, 2.24) is 0 Å². The maximum Gasteiger partial charge on any atom is 0.194 e. The number of carbonyl (C=O) groups is 1. The third-order valence-electron chi connectivity index (χ3n) is 1.45. The second kappa shape index (κ2) is 5.21. The molecule has 0 aliphatic carbocycles. The van der Waals surface area contributed by atoms with E-state index < -0.39 is 17.3 Å².